The standard InChI is InChI=1S/C17H34N2/c1-12-10-14(6-8-16(12)18)4-3-5-15-7-9-17(19)13(2)11-15/h12-17H,3-11,18-19H2,1-2H3. The van der Waals surface area contributed by atoms with Crippen LogP contribution in [0.1, 0.15) is 71.6 Å². The van der Waals surface area contributed by atoms with Crippen LogP contribution in [0.3, 0.4) is 0 Å². The fourth-order valence-electron chi connectivity index (χ4n) is 4.28. The fourth-order valence-corrected chi connectivity index (χ4v) is 4.28. The van der Waals surface area contributed by atoms with Crippen molar-refractivity contribution < 1.29 is 0 Å². The zero-order valence-electron chi connectivity index (χ0n) is 13.0. The highest BCUT2D eigenvalue weighted by atomic mass is 14.7. The van der Waals surface area contributed by atoms with Crippen LogP contribution in [-0.2, 0) is 0 Å². The first-order chi connectivity index (χ1) is 9.06. The van der Waals surface area contributed by atoms with Crippen molar-refractivity contribution in [2.75, 3.05) is 0 Å². The van der Waals surface area contributed by atoms with E-state index in [-0.39, 0.29) is 0 Å². The molecule has 6 atom stereocenters. The Kier molecular flexibility index (Phi) is 5.70. The summed E-state index contributed by atoms with van der Waals surface area (Å²) < 4.78 is 0. The van der Waals surface area contributed by atoms with Gasteiger partial charge in [-0.05, 0) is 62.2 Å². The van der Waals surface area contributed by atoms with Crippen molar-refractivity contribution in [3.63, 3.8) is 0 Å². The average Bonchev–Trinajstić information content (AvgIpc) is 2.38. The summed E-state index contributed by atoms with van der Waals surface area (Å²) >= 11 is 0. The molecule has 0 aromatic carbocycles. The topological polar surface area (TPSA) is 52.0 Å². The molecule has 0 heterocycles. The molecule has 6 unspecified atom stereocenters. The maximum atomic E-state index is 6.10. The van der Waals surface area contributed by atoms with Gasteiger partial charge in [0.1, 0.15) is 0 Å². The van der Waals surface area contributed by atoms with E-state index in [1.165, 1.54) is 57.8 Å². The molecule has 2 fully saturated rings. The van der Waals surface area contributed by atoms with Gasteiger partial charge in [-0.2, -0.15) is 0 Å². The highest BCUT2D eigenvalue weighted by Crippen LogP contribution is 2.34. The maximum Gasteiger partial charge on any atom is 0.00647 e. The van der Waals surface area contributed by atoms with E-state index in [9.17, 15) is 0 Å². The summed E-state index contributed by atoms with van der Waals surface area (Å²) in [6, 6.07) is 0.939. The van der Waals surface area contributed by atoms with Gasteiger partial charge in [0, 0.05) is 12.1 Å². The maximum absolute atomic E-state index is 6.10. The van der Waals surface area contributed by atoms with Crippen LogP contribution in [0.5, 0.6) is 0 Å². The Bertz CT molecular complexity index is 240. The van der Waals surface area contributed by atoms with Gasteiger partial charge < -0.3 is 11.5 Å². The van der Waals surface area contributed by atoms with Gasteiger partial charge in [0.25, 0.3) is 0 Å². The molecule has 2 nitrogen and oxygen atoms in total. The Morgan fingerprint density at radius 2 is 1.16 bits per heavy atom. The lowest BCUT2D eigenvalue weighted by atomic mass is 9.75. The molecule has 0 amide bonds. The fraction of sp³-hybridized carbons (Fsp3) is 1.00. The molecule has 4 N–H and O–H groups in total. The molecule has 2 saturated carbocycles. The molecule has 2 rings (SSSR count). The van der Waals surface area contributed by atoms with Crippen molar-refractivity contribution in [3.05, 3.63) is 0 Å². The molecule has 2 aliphatic carbocycles. The molecule has 0 radical (unpaired) electrons. The van der Waals surface area contributed by atoms with Gasteiger partial charge in [0.05, 0.1) is 0 Å². The van der Waals surface area contributed by atoms with Crippen LogP contribution < -0.4 is 11.5 Å². The van der Waals surface area contributed by atoms with Crippen LogP contribution in [0.4, 0.5) is 0 Å². The first kappa shape index (κ1) is 15.3. The molecule has 0 spiro atoms. The zero-order chi connectivity index (χ0) is 13.8. The molecule has 0 aromatic rings. The molecule has 0 aromatic heterocycles. The van der Waals surface area contributed by atoms with Crippen molar-refractivity contribution in [1.29, 1.82) is 0 Å². The minimum absolute atomic E-state index is 0.469. The summed E-state index contributed by atoms with van der Waals surface area (Å²) in [6.07, 6.45) is 12.3. The Morgan fingerprint density at radius 3 is 1.53 bits per heavy atom. The summed E-state index contributed by atoms with van der Waals surface area (Å²) in [4.78, 5) is 0. The lowest BCUT2D eigenvalue weighted by Gasteiger charge is -2.34. The van der Waals surface area contributed by atoms with E-state index in [1.807, 2.05) is 0 Å². The Labute approximate surface area is 119 Å². The Hall–Kier alpha value is -0.0800. The van der Waals surface area contributed by atoms with Crippen LogP contribution in [0, 0.1) is 23.7 Å². The third-order valence-corrected chi connectivity index (χ3v) is 5.91. The van der Waals surface area contributed by atoms with Gasteiger partial charge in [0.15, 0.2) is 0 Å². The van der Waals surface area contributed by atoms with E-state index in [2.05, 4.69) is 13.8 Å². The summed E-state index contributed by atoms with van der Waals surface area (Å²) in [7, 11) is 0. The first-order valence-electron chi connectivity index (χ1n) is 8.57. The van der Waals surface area contributed by atoms with Crippen LogP contribution in [0.25, 0.3) is 0 Å². The summed E-state index contributed by atoms with van der Waals surface area (Å²) in [5, 5.41) is 0. The largest absolute Gasteiger partial charge is 0.327 e. The molecular weight excluding hydrogens is 232 g/mol. The van der Waals surface area contributed by atoms with E-state index < -0.39 is 0 Å². The predicted octanol–water partition coefficient (Wildman–Crippen LogP) is 3.68. The summed E-state index contributed by atoms with van der Waals surface area (Å²) in [5.74, 6) is 3.40. The lowest BCUT2D eigenvalue weighted by Crippen LogP contribution is -2.35. The smallest absolute Gasteiger partial charge is 0.00647 e. The third-order valence-electron chi connectivity index (χ3n) is 5.91. The van der Waals surface area contributed by atoms with Crippen LogP contribution >= 0.6 is 0 Å². The minimum Gasteiger partial charge on any atom is -0.327 e. The van der Waals surface area contributed by atoms with Gasteiger partial charge in [-0.15, -0.1) is 0 Å². The van der Waals surface area contributed by atoms with Gasteiger partial charge in [-0.25, -0.2) is 0 Å². The van der Waals surface area contributed by atoms with E-state index in [0.29, 0.717) is 12.1 Å². The molecule has 2 heteroatoms. The normalized spacial score (nSPS) is 44.2. The van der Waals surface area contributed by atoms with Crippen molar-refractivity contribution in [1.82, 2.24) is 0 Å². The summed E-state index contributed by atoms with van der Waals surface area (Å²) in [5.41, 5.74) is 12.2. The predicted molar refractivity (Wildman–Crippen MR) is 82.8 cm³/mol. The number of hydrogen-bond donors (Lipinski definition) is 2. The molecule has 0 bridgehead atoms. The minimum atomic E-state index is 0.469. The number of rotatable bonds is 4. The highest BCUT2D eigenvalue weighted by Gasteiger charge is 2.26. The van der Waals surface area contributed by atoms with Gasteiger partial charge in [0.2, 0.25) is 0 Å². The summed E-state index contributed by atoms with van der Waals surface area (Å²) in [6.45, 7) is 4.67. The van der Waals surface area contributed by atoms with E-state index in [0.717, 1.165) is 23.7 Å². The van der Waals surface area contributed by atoms with Gasteiger partial charge in [-0.3, -0.25) is 0 Å². The molecular formula is C17H34N2. The second-order valence-corrected chi connectivity index (χ2v) is 7.57. The van der Waals surface area contributed by atoms with Crippen LogP contribution in [-0.4, -0.2) is 12.1 Å². The van der Waals surface area contributed by atoms with E-state index in [4.69, 9.17) is 11.5 Å². The van der Waals surface area contributed by atoms with Gasteiger partial charge >= 0.3 is 0 Å². The van der Waals surface area contributed by atoms with E-state index >= 15 is 0 Å². The number of nitrogens with two attached hydrogens (primary N) is 2. The SMILES string of the molecule is CC1CC(CCCC2CCC(N)C(C)C2)CCC1N. The Balaban J connectivity index is 1.61. The molecule has 2 aliphatic rings. The molecule has 19 heavy (non-hydrogen) atoms. The third kappa shape index (κ3) is 4.46. The van der Waals surface area contributed by atoms with Crippen LogP contribution in [0.2, 0.25) is 0 Å². The van der Waals surface area contributed by atoms with E-state index in [1.54, 1.807) is 0 Å². The van der Waals surface area contributed by atoms with Crippen LogP contribution in [0.15, 0.2) is 0 Å². The second-order valence-electron chi connectivity index (χ2n) is 7.57. The average molecular weight is 266 g/mol. The zero-order valence-corrected chi connectivity index (χ0v) is 13.0. The first-order valence-corrected chi connectivity index (χ1v) is 8.57. The second kappa shape index (κ2) is 7.08. The van der Waals surface area contributed by atoms with Gasteiger partial charge in [-0.1, -0.05) is 33.1 Å². The molecule has 0 saturated heterocycles. The number of hydrogen-bond acceptors (Lipinski definition) is 2. The van der Waals surface area contributed by atoms with Crippen molar-refractivity contribution in [2.45, 2.75) is 83.7 Å². The Morgan fingerprint density at radius 1 is 0.737 bits per heavy atom. The molecule has 112 valence electrons. The van der Waals surface area contributed by atoms with Crippen molar-refractivity contribution in [2.24, 2.45) is 35.1 Å². The molecule has 0 aliphatic heterocycles. The van der Waals surface area contributed by atoms with Crippen molar-refractivity contribution >= 4 is 0 Å². The monoisotopic (exact) mass is 266 g/mol. The quantitative estimate of drug-likeness (QED) is 0.815. The highest BCUT2D eigenvalue weighted by molar-refractivity contribution is 4.82. The van der Waals surface area contributed by atoms with Crippen molar-refractivity contribution in [3.8, 4) is 0 Å². The lowest BCUT2D eigenvalue weighted by molar-refractivity contribution is 0.210.